The number of halogens is 1. The van der Waals surface area contributed by atoms with E-state index in [9.17, 15) is 9.90 Å². The number of rotatable bonds is 5. The van der Waals surface area contributed by atoms with Crippen LogP contribution in [0.2, 0.25) is 0 Å². The van der Waals surface area contributed by atoms with Crippen LogP contribution in [0.15, 0.2) is 0 Å². The van der Waals surface area contributed by atoms with Crippen LogP contribution >= 0.6 is 11.6 Å². The lowest BCUT2D eigenvalue weighted by Crippen LogP contribution is -2.28. The second-order valence-corrected chi connectivity index (χ2v) is 4.80. The van der Waals surface area contributed by atoms with Gasteiger partial charge >= 0.3 is 5.97 Å². The summed E-state index contributed by atoms with van der Waals surface area (Å²) in [6.07, 6.45) is -1.73. The first-order chi connectivity index (χ1) is 6.74. The van der Waals surface area contributed by atoms with Crippen LogP contribution in [-0.4, -0.2) is 39.9 Å². The van der Waals surface area contributed by atoms with Crippen LogP contribution in [-0.2, 0) is 9.53 Å². The Morgan fingerprint density at radius 3 is 2.27 bits per heavy atom. The van der Waals surface area contributed by atoms with Gasteiger partial charge in [0.05, 0.1) is 18.6 Å². The van der Waals surface area contributed by atoms with E-state index in [1.807, 2.05) is 0 Å². The molecule has 0 radical (unpaired) electrons. The summed E-state index contributed by atoms with van der Waals surface area (Å²) in [5.41, 5.74) is -0.554. The minimum atomic E-state index is -0.909. The van der Waals surface area contributed by atoms with E-state index >= 15 is 0 Å². The van der Waals surface area contributed by atoms with Gasteiger partial charge in [0, 0.05) is 12.3 Å². The molecule has 0 bridgehead atoms. The van der Waals surface area contributed by atoms with E-state index in [0.717, 1.165) is 0 Å². The topological polar surface area (TPSA) is 66.8 Å². The van der Waals surface area contributed by atoms with E-state index in [1.54, 1.807) is 20.8 Å². The highest BCUT2D eigenvalue weighted by Gasteiger charge is 2.20. The van der Waals surface area contributed by atoms with Crippen molar-refractivity contribution in [2.45, 2.75) is 51.4 Å². The third-order valence-electron chi connectivity index (χ3n) is 1.54. The van der Waals surface area contributed by atoms with Gasteiger partial charge in [0.1, 0.15) is 5.60 Å². The largest absolute Gasteiger partial charge is 0.460 e. The molecular weight excluding hydrogens is 220 g/mol. The molecule has 0 heterocycles. The molecule has 2 atom stereocenters. The van der Waals surface area contributed by atoms with E-state index in [2.05, 4.69) is 0 Å². The number of ether oxygens (including phenoxy) is 1. The number of carbonyl (C=O) groups is 1. The molecule has 0 aromatic heterocycles. The van der Waals surface area contributed by atoms with Gasteiger partial charge in [-0.1, -0.05) is 0 Å². The summed E-state index contributed by atoms with van der Waals surface area (Å²) in [6.45, 7) is 5.26. The lowest BCUT2D eigenvalue weighted by atomic mass is 10.1. The molecule has 0 fully saturated rings. The Labute approximate surface area is 95.2 Å². The van der Waals surface area contributed by atoms with Gasteiger partial charge < -0.3 is 14.9 Å². The zero-order valence-corrected chi connectivity index (χ0v) is 10.1. The Balaban J connectivity index is 3.87. The highest BCUT2D eigenvalue weighted by Crippen LogP contribution is 2.11. The van der Waals surface area contributed by atoms with Crippen molar-refractivity contribution in [3.8, 4) is 0 Å². The summed E-state index contributed by atoms with van der Waals surface area (Å²) >= 11 is 5.36. The third-order valence-corrected chi connectivity index (χ3v) is 1.90. The molecule has 0 saturated heterocycles. The molecule has 0 aliphatic rings. The Bertz CT molecular complexity index is 200. The first kappa shape index (κ1) is 14.7. The molecule has 0 aromatic rings. The van der Waals surface area contributed by atoms with Gasteiger partial charge in [-0.3, -0.25) is 4.79 Å². The fourth-order valence-corrected chi connectivity index (χ4v) is 1.16. The molecule has 0 rings (SSSR count). The molecule has 4 nitrogen and oxygen atoms in total. The van der Waals surface area contributed by atoms with Gasteiger partial charge in [0.2, 0.25) is 0 Å². The van der Waals surface area contributed by atoms with Gasteiger partial charge in [0.25, 0.3) is 0 Å². The fraction of sp³-hybridized carbons (Fsp3) is 0.900. The summed E-state index contributed by atoms with van der Waals surface area (Å²) in [5, 5.41) is 18.5. The average molecular weight is 239 g/mol. The van der Waals surface area contributed by atoms with Crippen LogP contribution < -0.4 is 0 Å². The first-order valence-electron chi connectivity index (χ1n) is 4.88. The molecule has 2 N–H and O–H groups in total. The SMILES string of the molecule is CC(C)(C)OC(=O)C[C@@H](O)C[C@H](O)CCl. The van der Waals surface area contributed by atoms with E-state index < -0.39 is 23.8 Å². The van der Waals surface area contributed by atoms with Crippen molar-refractivity contribution in [2.75, 3.05) is 5.88 Å². The number of aliphatic hydroxyl groups excluding tert-OH is 2. The Hall–Kier alpha value is -0.320. The van der Waals surface area contributed by atoms with E-state index in [4.69, 9.17) is 21.4 Å². The van der Waals surface area contributed by atoms with Gasteiger partial charge in [-0.25, -0.2) is 0 Å². The van der Waals surface area contributed by atoms with Crippen LogP contribution in [0.4, 0.5) is 0 Å². The van der Waals surface area contributed by atoms with Crippen molar-refractivity contribution in [2.24, 2.45) is 0 Å². The molecule has 0 aliphatic carbocycles. The van der Waals surface area contributed by atoms with E-state index in [0.29, 0.717) is 0 Å². The van der Waals surface area contributed by atoms with Crippen molar-refractivity contribution >= 4 is 17.6 Å². The summed E-state index contributed by atoms with van der Waals surface area (Å²) in [6, 6.07) is 0. The molecule has 0 aromatic carbocycles. The average Bonchev–Trinajstić information content (AvgIpc) is 1.99. The predicted molar refractivity (Wildman–Crippen MR) is 57.8 cm³/mol. The van der Waals surface area contributed by atoms with Crippen LogP contribution in [0.25, 0.3) is 0 Å². The molecular formula is C10H19ClO4. The maximum Gasteiger partial charge on any atom is 0.308 e. The van der Waals surface area contributed by atoms with Crippen LogP contribution in [0.5, 0.6) is 0 Å². The molecule has 5 heteroatoms. The Morgan fingerprint density at radius 2 is 1.87 bits per heavy atom. The zero-order chi connectivity index (χ0) is 12.1. The van der Waals surface area contributed by atoms with Gasteiger partial charge in [-0.2, -0.15) is 0 Å². The maximum atomic E-state index is 11.2. The van der Waals surface area contributed by atoms with Crippen LogP contribution in [0.1, 0.15) is 33.6 Å². The third kappa shape index (κ3) is 8.66. The highest BCUT2D eigenvalue weighted by atomic mass is 35.5. The molecule has 0 unspecified atom stereocenters. The molecule has 90 valence electrons. The smallest absolute Gasteiger partial charge is 0.308 e. The Kier molecular flexibility index (Phi) is 6.17. The van der Waals surface area contributed by atoms with Gasteiger partial charge in [0.15, 0.2) is 0 Å². The van der Waals surface area contributed by atoms with E-state index in [-0.39, 0.29) is 18.7 Å². The summed E-state index contributed by atoms with van der Waals surface area (Å²) in [5.74, 6) is -0.428. The zero-order valence-electron chi connectivity index (χ0n) is 9.36. The number of esters is 1. The monoisotopic (exact) mass is 238 g/mol. The van der Waals surface area contributed by atoms with Crippen molar-refractivity contribution in [3.05, 3.63) is 0 Å². The molecule has 0 saturated carbocycles. The number of alkyl halides is 1. The van der Waals surface area contributed by atoms with Crippen molar-refractivity contribution < 1.29 is 19.7 Å². The normalized spacial score (nSPS) is 15.9. The number of carbonyl (C=O) groups excluding carboxylic acids is 1. The van der Waals surface area contributed by atoms with Gasteiger partial charge in [-0.05, 0) is 20.8 Å². The van der Waals surface area contributed by atoms with Gasteiger partial charge in [-0.15, -0.1) is 11.6 Å². The highest BCUT2D eigenvalue weighted by molar-refractivity contribution is 6.18. The molecule has 0 aliphatic heterocycles. The van der Waals surface area contributed by atoms with Crippen molar-refractivity contribution in [3.63, 3.8) is 0 Å². The fourth-order valence-electron chi connectivity index (χ4n) is 1.04. The van der Waals surface area contributed by atoms with Crippen LogP contribution in [0, 0.1) is 0 Å². The lowest BCUT2D eigenvalue weighted by Gasteiger charge is -2.21. The minimum absolute atomic E-state index is 0.0470. The number of hydrogen-bond donors (Lipinski definition) is 2. The summed E-state index contributed by atoms with van der Waals surface area (Å²) in [4.78, 5) is 11.2. The maximum absolute atomic E-state index is 11.2. The number of hydrogen-bond acceptors (Lipinski definition) is 4. The van der Waals surface area contributed by atoms with Crippen molar-refractivity contribution in [1.29, 1.82) is 0 Å². The molecule has 0 amide bonds. The first-order valence-corrected chi connectivity index (χ1v) is 5.42. The predicted octanol–water partition coefficient (Wildman–Crippen LogP) is 1.07. The molecule has 0 spiro atoms. The quantitative estimate of drug-likeness (QED) is 0.556. The summed E-state index contributed by atoms with van der Waals surface area (Å²) in [7, 11) is 0. The molecule has 15 heavy (non-hydrogen) atoms. The standard InChI is InChI=1S/C10H19ClO4/c1-10(2,3)15-9(14)5-7(12)4-8(13)6-11/h7-8,12-13H,4-6H2,1-3H3/t7-,8-/m0/s1. The van der Waals surface area contributed by atoms with Crippen LogP contribution in [0.3, 0.4) is 0 Å². The second-order valence-electron chi connectivity index (χ2n) is 4.49. The minimum Gasteiger partial charge on any atom is -0.460 e. The lowest BCUT2D eigenvalue weighted by molar-refractivity contribution is -0.157. The van der Waals surface area contributed by atoms with E-state index in [1.165, 1.54) is 0 Å². The number of aliphatic hydroxyl groups is 2. The van der Waals surface area contributed by atoms with Crippen molar-refractivity contribution in [1.82, 2.24) is 0 Å². The summed E-state index contributed by atoms with van der Waals surface area (Å²) < 4.78 is 5.01. The Morgan fingerprint density at radius 1 is 1.33 bits per heavy atom. The second kappa shape index (κ2) is 6.30.